The second kappa shape index (κ2) is 3.21. The number of primary amides is 1. The third-order valence-electron chi connectivity index (χ3n) is 1.56. The summed E-state index contributed by atoms with van der Waals surface area (Å²) < 4.78 is 1.18. The van der Waals surface area contributed by atoms with Gasteiger partial charge >= 0.3 is 0 Å². The van der Waals surface area contributed by atoms with E-state index in [0.717, 1.165) is 0 Å². The zero-order valence-electron chi connectivity index (χ0n) is 7.03. The zero-order valence-corrected chi connectivity index (χ0v) is 7.03. The van der Waals surface area contributed by atoms with Crippen LogP contribution < -0.4 is 5.73 Å². The summed E-state index contributed by atoms with van der Waals surface area (Å²) in [6.07, 6.45) is 1.57. The maximum Gasteiger partial charge on any atom is 0.288 e. The van der Waals surface area contributed by atoms with Gasteiger partial charge < -0.3 is 5.73 Å². The molecular weight excluding hydrogens is 184 g/mol. The highest BCUT2D eigenvalue weighted by atomic mass is 16.1. The minimum atomic E-state index is -0.694. The average molecular weight is 190 g/mol. The number of tetrazole rings is 1. The van der Waals surface area contributed by atoms with Crippen LogP contribution in [0.5, 0.6) is 0 Å². The van der Waals surface area contributed by atoms with Crippen molar-refractivity contribution < 1.29 is 4.79 Å². The number of amides is 1. The topological polar surface area (TPSA) is 99.6 Å². The predicted octanol–water partition coefficient (Wildman–Crippen LogP) is -0.844. The van der Waals surface area contributed by atoms with Gasteiger partial charge in [-0.25, -0.2) is 4.98 Å². The molecule has 1 amide bonds. The van der Waals surface area contributed by atoms with E-state index >= 15 is 0 Å². The summed E-state index contributed by atoms with van der Waals surface area (Å²) in [4.78, 5) is 14.9. The second-order valence-electron chi connectivity index (χ2n) is 2.47. The molecule has 0 aliphatic carbocycles. The van der Waals surface area contributed by atoms with Crippen LogP contribution in [0.25, 0.3) is 5.82 Å². The van der Waals surface area contributed by atoms with E-state index < -0.39 is 5.91 Å². The van der Waals surface area contributed by atoms with Gasteiger partial charge in [0.2, 0.25) is 5.82 Å². The lowest BCUT2D eigenvalue weighted by molar-refractivity contribution is 0.0987. The number of hydrogen-bond donors (Lipinski definition) is 1. The molecule has 0 saturated carbocycles. The summed E-state index contributed by atoms with van der Waals surface area (Å²) in [6, 6.07) is 5.18. The maximum absolute atomic E-state index is 10.9. The number of nitrogens with two attached hydrogens (primary N) is 1. The number of nitrogens with zero attached hydrogens (tertiary/aromatic N) is 5. The largest absolute Gasteiger partial charge is 0.363 e. The van der Waals surface area contributed by atoms with Gasteiger partial charge in [0.25, 0.3) is 5.91 Å². The summed E-state index contributed by atoms with van der Waals surface area (Å²) in [6.45, 7) is 0. The first kappa shape index (κ1) is 8.30. The summed E-state index contributed by atoms with van der Waals surface area (Å²) in [5, 5.41) is 10.4. The first-order chi connectivity index (χ1) is 6.79. The third-order valence-corrected chi connectivity index (χ3v) is 1.56. The highest BCUT2D eigenvalue weighted by molar-refractivity contribution is 5.89. The summed E-state index contributed by atoms with van der Waals surface area (Å²) >= 11 is 0. The molecule has 0 unspecified atom stereocenters. The summed E-state index contributed by atoms with van der Waals surface area (Å²) in [7, 11) is 0. The van der Waals surface area contributed by atoms with Crippen molar-refractivity contribution in [2.24, 2.45) is 5.73 Å². The molecule has 14 heavy (non-hydrogen) atoms. The van der Waals surface area contributed by atoms with E-state index in [-0.39, 0.29) is 5.82 Å². The van der Waals surface area contributed by atoms with Gasteiger partial charge in [0, 0.05) is 6.20 Å². The fraction of sp³-hybridized carbons (Fsp3) is 0. The van der Waals surface area contributed by atoms with Crippen molar-refractivity contribution in [1.29, 1.82) is 0 Å². The SMILES string of the molecule is NC(=O)c1nnnn1-c1ccccn1. The Kier molecular flexibility index (Phi) is 1.90. The van der Waals surface area contributed by atoms with Crippen molar-refractivity contribution in [3.8, 4) is 5.82 Å². The van der Waals surface area contributed by atoms with Crippen molar-refractivity contribution >= 4 is 5.91 Å². The Bertz CT molecular complexity index is 450. The van der Waals surface area contributed by atoms with E-state index in [9.17, 15) is 4.79 Å². The van der Waals surface area contributed by atoms with Crippen LogP contribution in [0.3, 0.4) is 0 Å². The van der Waals surface area contributed by atoms with Gasteiger partial charge in [0.05, 0.1) is 0 Å². The quantitative estimate of drug-likeness (QED) is 0.665. The molecule has 0 aromatic carbocycles. The Hall–Kier alpha value is -2.31. The Morgan fingerprint density at radius 2 is 2.29 bits per heavy atom. The fourth-order valence-corrected chi connectivity index (χ4v) is 0.974. The molecule has 7 nitrogen and oxygen atoms in total. The van der Waals surface area contributed by atoms with E-state index in [1.165, 1.54) is 4.68 Å². The van der Waals surface area contributed by atoms with Gasteiger partial charge in [-0.1, -0.05) is 6.07 Å². The molecule has 0 aliphatic heterocycles. The number of hydrogen-bond acceptors (Lipinski definition) is 5. The molecule has 0 fully saturated rings. The molecule has 0 spiro atoms. The Morgan fingerprint density at radius 3 is 2.93 bits per heavy atom. The van der Waals surface area contributed by atoms with Crippen molar-refractivity contribution in [3.63, 3.8) is 0 Å². The second-order valence-corrected chi connectivity index (χ2v) is 2.47. The van der Waals surface area contributed by atoms with Crippen molar-refractivity contribution in [3.05, 3.63) is 30.2 Å². The molecule has 2 aromatic heterocycles. The molecule has 2 heterocycles. The Labute approximate surface area is 78.6 Å². The maximum atomic E-state index is 10.9. The summed E-state index contributed by atoms with van der Waals surface area (Å²) in [5.41, 5.74) is 5.07. The van der Waals surface area contributed by atoms with Crippen LogP contribution in [-0.2, 0) is 0 Å². The lowest BCUT2D eigenvalue weighted by atomic mass is 10.4. The molecule has 0 saturated heterocycles. The van der Waals surface area contributed by atoms with Crippen molar-refractivity contribution in [2.45, 2.75) is 0 Å². The van der Waals surface area contributed by atoms with E-state index in [1.807, 2.05) is 0 Å². The molecular formula is C7H6N6O. The van der Waals surface area contributed by atoms with Gasteiger partial charge in [-0.15, -0.1) is 5.10 Å². The summed E-state index contributed by atoms with van der Waals surface area (Å²) in [5.74, 6) is -0.282. The number of carbonyl (C=O) groups excluding carboxylic acids is 1. The molecule has 0 bridgehead atoms. The number of pyridine rings is 1. The number of rotatable bonds is 2. The molecule has 70 valence electrons. The molecule has 0 atom stereocenters. The molecule has 2 N–H and O–H groups in total. The Balaban J connectivity index is 2.52. The van der Waals surface area contributed by atoms with Gasteiger partial charge in [-0.3, -0.25) is 4.79 Å². The van der Waals surface area contributed by atoms with E-state index in [1.54, 1.807) is 24.4 Å². The lowest BCUT2D eigenvalue weighted by Crippen LogP contribution is -2.18. The average Bonchev–Trinajstić information content (AvgIpc) is 2.67. The lowest BCUT2D eigenvalue weighted by Gasteiger charge is -1.98. The first-order valence-electron chi connectivity index (χ1n) is 3.78. The number of aromatic nitrogens is 5. The van der Waals surface area contributed by atoms with Crippen LogP contribution in [0.15, 0.2) is 24.4 Å². The minimum absolute atomic E-state index is 0.0382. The molecule has 2 aromatic rings. The van der Waals surface area contributed by atoms with Gasteiger partial charge in [-0.05, 0) is 22.6 Å². The van der Waals surface area contributed by atoms with Gasteiger partial charge in [0.1, 0.15) is 0 Å². The van der Waals surface area contributed by atoms with Gasteiger partial charge in [0.15, 0.2) is 5.82 Å². The predicted molar refractivity (Wildman–Crippen MR) is 45.5 cm³/mol. The van der Waals surface area contributed by atoms with Crippen LogP contribution in [-0.4, -0.2) is 31.1 Å². The van der Waals surface area contributed by atoms with Crippen LogP contribution in [0.1, 0.15) is 10.6 Å². The van der Waals surface area contributed by atoms with Crippen molar-refractivity contribution in [2.75, 3.05) is 0 Å². The molecule has 2 rings (SSSR count). The molecule has 0 radical (unpaired) electrons. The number of carbonyl (C=O) groups is 1. The van der Waals surface area contributed by atoms with Crippen LogP contribution in [0.2, 0.25) is 0 Å². The van der Waals surface area contributed by atoms with E-state index in [4.69, 9.17) is 5.73 Å². The zero-order chi connectivity index (χ0) is 9.97. The molecule has 0 aliphatic rings. The first-order valence-corrected chi connectivity index (χ1v) is 3.78. The van der Waals surface area contributed by atoms with Crippen LogP contribution >= 0.6 is 0 Å². The van der Waals surface area contributed by atoms with Crippen LogP contribution in [0, 0.1) is 0 Å². The normalized spacial score (nSPS) is 10.0. The smallest absolute Gasteiger partial charge is 0.288 e. The minimum Gasteiger partial charge on any atom is -0.363 e. The fourth-order valence-electron chi connectivity index (χ4n) is 0.974. The third kappa shape index (κ3) is 1.30. The van der Waals surface area contributed by atoms with E-state index in [0.29, 0.717) is 5.82 Å². The standard InChI is InChI=1S/C7H6N6O/c8-6(14)7-10-11-12-13(7)5-3-1-2-4-9-5/h1-4H,(H2,8,14). The van der Waals surface area contributed by atoms with E-state index in [2.05, 4.69) is 20.5 Å². The highest BCUT2D eigenvalue weighted by Crippen LogP contribution is 2.01. The van der Waals surface area contributed by atoms with Crippen LogP contribution in [0.4, 0.5) is 0 Å². The van der Waals surface area contributed by atoms with Crippen molar-refractivity contribution in [1.82, 2.24) is 25.2 Å². The highest BCUT2D eigenvalue weighted by Gasteiger charge is 2.13. The Morgan fingerprint density at radius 1 is 1.43 bits per heavy atom. The molecule has 7 heteroatoms. The van der Waals surface area contributed by atoms with Gasteiger partial charge in [-0.2, -0.15) is 4.68 Å². The monoisotopic (exact) mass is 190 g/mol.